The van der Waals surface area contributed by atoms with Crippen molar-refractivity contribution in [1.29, 1.82) is 0 Å². The number of hydrogen-bond acceptors (Lipinski definition) is 2. The van der Waals surface area contributed by atoms with E-state index in [4.69, 9.17) is 11.6 Å². The van der Waals surface area contributed by atoms with Gasteiger partial charge in [-0.2, -0.15) is 0 Å². The molecule has 0 saturated carbocycles. The van der Waals surface area contributed by atoms with E-state index in [9.17, 15) is 0 Å². The molecule has 2 rings (SSSR count). The second-order valence-electron chi connectivity index (χ2n) is 4.79. The summed E-state index contributed by atoms with van der Waals surface area (Å²) in [5.74, 6) is 0.639. The first-order chi connectivity index (χ1) is 9.28. The van der Waals surface area contributed by atoms with Crippen LogP contribution in [0.1, 0.15) is 17.4 Å². The molecule has 0 fully saturated rings. The molecule has 2 aromatic rings. The number of thiophene rings is 1. The van der Waals surface area contributed by atoms with Gasteiger partial charge in [-0.15, -0.1) is 11.3 Å². The van der Waals surface area contributed by atoms with Crippen LogP contribution in [-0.2, 0) is 12.8 Å². The summed E-state index contributed by atoms with van der Waals surface area (Å²) in [6, 6.07) is 12.6. The van der Waals surface area contributed by atoms with Gasteiger partial charge in [-0.3, -0.25) is 0 Å². The van der Waals surface area contributed by atoms with Gasteiger partial charge in [0.2, 0.25) is 0 Å². The van der Waals surface area contributed by atoms with Gasteiger partial charge in [0.05, 0.1) is 0 Å². The minimum absolute atomic E-state index is 0.639. The largest absolute Gasteiger partial charge is 0.317 e. The van der Waals surface area contributed by atoms with E-state index in [0.29, 0.717) is 5.92 Å². The highest BCUT2D eigenvalue weighted by atomic mass is 35.5. The van der Waals surface area contributed by atoms with Crippen LogP contribution in [0.4, 0.5) is 0 Å². The number of halogens is 1. The molecule has 1 unspecified atom stereocenters. The highest BCUT2D eigenvalue weighted by Crippen LogP contribution is 2.19. The van der Waals surface area contributed by atoms with Gasteiger partial charge in [-0.05, 0) is 61.0 Å². The lowest BCUT2D eigenvalue weighted by Gasteiger charge is -2.16. The Morgan fingerprint density at radius 2 is 1.95 bits per heavy atom. The van der Waals surface area contributed by atoms with Gasteiger partial charge in [0.1, 0.15) is 0 Å². The fourth-order valence-corrected chi connectivity index (χ4v) is 3.18. The zero-order valence-corrected chi connectivity index (χ0v) is 12.8. The van der Waals surface area contributed by atoms with Crippen LogP contribution in [0.5, 0.6) is 0 Å². The van der Waals surface area contributed by atoms with Crippen molar-refractivity contribution in [2.75, 3.05) is 13.1 Å². The maximum Gasteiger partial charge on any atom is 0.0406 e. The zero-order valence-electron chi connectivity index (χ0n) is 11.2. The fourth-order valence-electron chi connectivity index (χ4n) is 2.23. The SMILES string of the molecule is CCNCC(Cc1ccc(Cl)cc1)Cc1cccs1. The summed E-state index contributed by atoms with van der Waals surface area (Å²) in [5.41, 5.74) is 1.36. The molecule has 0 aliphatic carbocycles. The Labute approximate surface area is 124 Å². The molecule has 0 bridgehead atoms. The van der Waals surface area contributed by atoms with E-state index in [-0.39, 0.29) is 0 Å². The lowest BCUT2D eigenvalue weighted by atomic mass is 9.95. The molecule has 1 heterocycles. The summed E-state index contributed by atoms with van der Waals surface area (Å²) in [6.07, 6.45) is 2.25. The van der Waals surface area contributed by atoms with E-state index in [1.54, 1.807) is 0 Å². The second-order valence-corrected chi connectivity index (χ2v) is 6.26. The molecule has 1 aromatic heterocycles. The molecule has 0 aliphatic heterocycles. The third-order valence-electron chi connectivity index (χ3n) is 3.19. The Morgan fingerprint density at radius 3 is 2.58 bits per heavy atom. The number of benzene rings is 1. The van der Waals surface area contributed by atoms with E-state index < -0.39 is 0 Å². The van der Waals surface area contributed by atoms with Gasteiger partial charge in [0.25, 0.3) is 0 Å². The second kappa shape index (κ2) is 7.68. The first-order valence-corrected chi connectivity index (χ1v) is 8.01. The van der Waals surface area contributed by atoms with Gasteiger partial charge in [-0.25, -0.2) is 0 Å². The quantitative estimate of drug-likeness (QED) is 0.797. The van der Waals surface area contributed by atoms with Crippen LogP contribution in [0.2, 0.25) is 5.02 Å². The molecular formula is C16H20ClNS. The zero-order chi connectivity index (χ0) is 13.5. The lowest BCUT2D eigenvalue weighted by Crippen LogP contribution is -2.25. The van der Waals surface area contributed by atoms with Crippen molar-refractivity contribution < 1.29 is 0 Å². The Morgan fingerprint density at radius 1 is 1.16 bits per heavy atom. The third kappa shape index (κ3) is 4.98. The summed E-state index contributed by atoms with van der Waals surface area (Å²) in [4.78, 5) is 1.47. The van der Waals surface area contributed by atoms with Crippen molar-refractivity contribution in [3.8, 4) is 0 Å². The molecule has 0 amide bonds. The topological polar surface area (TPSA) is 12.0 Å². The Kier molecular flexibility index (Phi) is 5.90. The molecule has 0 radical (unpaired) electrons. The molecule has 0 spiro atoms. The summed E-state index contributed by atoms with van der Waals surface area (Å²) in [6.45, 7) is 4.25. The molecule has 1 aromatic carbocycles. The minimum Gasteiger partial charge on any atom is -0.317 e. The standard InChI is InChI=1S/C16H20ClNS/c1-2-18-12-14(11-16-4-3-9-19-16)10-13-5-7-15(17)8-6-13/h3-9,14,18H,2,10-12H2,1H3. The Hall–Kier alpha value is -0.830. The van der Waals surface area contributed by atoms with E-state index in [1.807, 2.05) is 23.5 Å². The maximum atomic E-state index is 5.94. The molecule has 3 heteroatoms. The maximum absolute atomic E-state index is 5.94. The summed E-state index contributed by atoms with van der Waals surface area (Å²) >= 11 is 7.79. The fraction of sp³-hybridized carbons (Fsp3) is 0.375. The van der Waals surface area contributed by atoms with Crippen LogP contribution in [0, 0.1) is 5.92 Å². The number of hydrogen-bond donors (Lipinski definition) is 1. The predicted molar refractivity (Wildman–Crippen MR) is 85.2 cm³/mol. The van der Waals surface area contributed by atoms with Gasteiger partial charge in [-0.1, -0.05) is 36.7 Å². The summed E-state index contributed by atoms with van der Waals surface area (Å²) in [5, 5.41) is 6.44. The van der Waals surface area contributed by atoms with Gasteiger partial charge in [0.15, 0.2) is 0 Å². The highest BCUT2D eigenvalue weighted by Gasteiger charge is 2.11. The van der Waals surface area contributed by atoms with Crippen LogP contribution in [0.25, 0.3) is 0 Å². The van der Waals surface area contributed by atoms with Crippen molar-refractivity contribution in [1.82, 2.24) is 5.32 Å². The summed E-state index contributed by atoms with van der Waals surface area (Å²) < 4.78 is 0. The number of nitrogens with one attached hydrogen (secondary N) is 1. The van der Waals surface area contributed by atoms with Gasteiger partial charge in [0, 0.05) is 9.90 Å². The third-order valence-corrected chi connectivity index (χ3v) is 4.34. The Balaban J connectivity index is 1.98. The average Bonchev–Trinajstić information content (AvgIpc) is 2.91. The molecule has 0 aliphatic rings. The summed E-state index contributed by atoms with van der Waals surface area (Å²) in [7, 11) is 0. The molecule has 1 atom stereocenters. The van der Waals surface area contributed by atoms with Gasteiger partial charge < -0.3 is 5.32 Å². The molecular weight excluding hydrogens is 274 g/mol. The van der Waals surface area contributed by atoms with Crippen molar-refractivity contribution in [3.63, 3.8) is 0 Å². The minimum atomic E-state index is 0.639. The number of rotatable bonds is 7. The lowest BCUT2D eigenvalue weighted by molar-refractivity contribution is 0.481. The van der Waals surface area contributed by atoms with E-state index in [1.165, 1.54) is 10.4 Å². The van der Waals surface area contributed by atoms with E-state index in [0.717, 1.165) is 31.0 Å². The van der Waals surface area contributed by atoms with Crippen molar-refractivity contribution in [2.24, 2.45) is 5.92 Å². The average molecular weight is 294 g/mol. The smallest absolute Gasteiger partial charge is 0.0406 e. The molecule has 1 nitrogen and oxygen atoms in total. The molecule has 19 heavy (non-hydrogen) atoms. The van der Waals surface area contributed by atoms with Crippen LogP contribution in [0.15, 0.2) is 41.8 Å². The van der Waals surface area contributed by atoms with Crippen LogP contribution < -0.4 is 5.32 Å². The monoisotopic (exact) mass is 293 g/mol. The molecule has 102 valence electrons. The first kappa shape index (κ1) is 14.6. The highest BCUT2D eigenvalue weighted by molar-refractivity contribution is 7.09. The first-order valence-electron chi connectivity index (χ1n) is 6.75. The van der Waals surface area contributed by atoms with Crippen LogP contribution in [0.3, 0.4) is 0 Å². The van der Waals surface area contributed by atoms with Crippen LogP contribution in [-0.4, -0.2) is 13.1 Å². The Bertz CT molecular complexity index is 464. The predicted octanol–water partition coefficient (Wildman–Crippen LogP) is 4.41. The van der Waals surface area contributed by atoms with Crippen molar-refractivity contribution >= 4 is 22.9 Å². The van der Waals surface area contributed by atoms with Crippen LogP contribution >= 0.6 is 22.9 Å². The van der Waals surface area contributed by atoms with Crippen molar-refractivity contribution in [2.45, 2.75) is 19.8 Å². The molecule has 0 saturated heterocycles. The van der Waals surface area contributed by atoms with Gasteiger partial charge >= 0.3 is 0 Å². The normalized spacial score (nSPS) is 12.5. The van der Waals surface area contributed by atoms with E-state index in [2.05, 4.69) is 41.9 Å². The van der Waals surface area contributed by atoms with Crippen molar-refractivity contribution in [3.05, 3.63) is 57.2 Å². The van der Waals surface area contributed by atoms with E-state index >= 15 is 0 Å². The molecule has 1 N–H and O–H groups in total.